The number of aliphatic carboxylic acids is 1. The molecule has 21 heavy (non-hydrogen) atoms. The SMILES string of the molecule is C=CCC#CC#CC/C=C(\O)CCCCCCCC(=O)O. The fraction of sp³-hybridized carbons (Fsp3) is 0.500. The third-order valence-corrected chi connectivity index (χ3v) is 2.75. The molecule has 0 saturated heterocycles. The van der Waals surface area contributed by atoms with E-state index >= 15 is 0 Å². The number of carboxylic acid groups (broad SMARTS) is 1. The van der Waals surface area contributed by atoms with E-state index in [2.05, 4.69) is 30.3 Å². The van der Waals surface area contributed by atoms with Crippen LogP contribution in [0.5, 0.6) is 0 Å². The first kappa shape index (κ1) is 18.9. The molecule has 0 aliphatic rings. The quantitative estimate of drug-likeness (QED) is 0.274. The van der Waals surface area contributed by atoms with Crippen LogP contribution < -0.4 is 0 Å². The van der Waals surface area contributed by atoms with Crippen molar-refractivity contribution in [2.45, 2.75) is 57.8 Å². The van der Waals surface area contributed by atoms with Gasteiger partial charge in [-0.25, -0.2) is 0 Å². The van der Waals surface area contributed by atoms with Gasteiger partial charge in [0.05, 0.1) is 5.76 Å². The Kier molecular flexibility index (Phi) is 12.8. The Balaban J connectivity index is 3.58. The van der Waals surface area contributed by atoms with Gasteiger partial charge < -0.3 is 10.2 Å². The maximum absolute atomic E-state index is 10.3. The summed E-state index contributed by atoms with van der Waals surface area (Å²) in [7, 11) is 0. The average Bonchev–Trinajstić information content (AvgIpc) is 2.45. The van der Waals surface area contributed by atoms with Crippen LogP contribution in [0.15, 0.2) is 24.5 Å². The van der Waals surface area contributed by atoms with Gasteiger partial charge in [0.2, 0.25) is 0 Å². The van der Waals surface area contributed by atoms with Crippen molar-refractivity contribution in [3.63, 3.8) is 0 Å². The number of aliphatic hydroxyl groups is 1. The van der Waals surface area contributed by atoms with E-state index < -0.39 is 5.97 Å². The Morgan fingerprint density at radius 3 is 2.10 bits per heavy atom. The number of hydrogen-bond donors (Lipinski definition) is 2. The van der Waals surface area contributed by atoms with E-state index in [0.717, 1.165) is 32.1 Å². The zero-order chi connectivity index (χ0) is 15.8. The van der Waals surface area contributed by atoms with E-state index in [4.69, 9.17) is 5.11 Å². The van der Waals surface area contributed by atoms with Crippen LogP contribution in [-0.2, 0) is 4.79 Å². The van der Waals surface area contributed by atoms with E-state index in [-0.39, 0.29) is 6.42 Å². The maximum Gasteiger partial charge on any atom is 0.303 e. The van der Waals surface area contributed by atoms with E-state index in [9.17, 15) is 9.90 Å². The molecular formula is C18H24O3. The van der Waals surface area contributed by atoms with E-state index in [1.54, 1.807) is 12.2 Å². The second-order valence-electron chi connectivity index (χ2n) is 4.66. The van der Waals surface area contributed by atoms with Crippen molar-refractivity contribution >= 4 is 5.97 Å². The van der Waals surface area contributed by atoms with Crippen LogP contribution in [-0.4, -0.2) is 16.2 Å². The fourth-order valence-electron chi connectivity index (χ4n) is 1.65. The number of carboxylic acids is 1. The molecule has 0 aliphatic heterocycles. The van der Waals surface area contributed by atoms with E-state index in [1.165, 1.54) is 0 Å². The summed E-state index contributed by atoms with van der Waals surface area (Å²) in [5.41, 5.74) is 0. The molecule has 0 fully saturated rings. The van der Waals surface area contributed by atoms with Crippen molar-refractivity contribution in [1.29, 1.82) is 0 Å². The minimum atomic E-state index is -0.731. The zero-order valence-corrected chi connectivity index (χ0v) is 12.5. The molecule has 0 aromatic heterocycles. The van der Waals surface area contributed by atoms with Gasteiger partial charge in [0.25, 0.3) is 0 Å². The van der Waals surface area contributed by atoms with Crippen LogP contribution in [0.2, 0.25) is 0 Å². The fourth-order valence-corrected chi connectivity index (χ4v) is 1.65. The minimum Gasteiger partial charge on any atom is -0.513 e. The minimum absolute atomic E-state index is 0.250. The van der Waals surface area contributed by atoms with Crippen molar-refractivity contribution in [2.24, 2.45) is 0 Å². The van der Waals surface area contributed by atoms with Crippen molar-refractivity contribution in [1.82, 2.24) is 0 Å². The van der Waals surface area contributed by atoms with Crippen LogP contribution in [0, 0.1) is 23.7 Å². The van der Waals surface area contributed by atoms with Gasteiger partial charge >= 0.3 is 5.97 Å². The first-order valence-corrected chi connectivity index (χ1v) is 7.33. The molecule has 0 bridgehead atoms. The molecule has 0 heterocycles. The van der Waals surface area contributed by atoms with Gasteiger partial charge in [-0.15, -0.1) is 6.58 Å². The Hall–Kier alpha value is -2.13. The molecular weight excluding hydrogens is 264 g/mol. The van der Waals surface area contributed by atoms with Crippen molar-refractivity contribution in [3.8, 4) is 23.7 Å². The van der Waals surface area contributed by atoms with Gasteiger partial charge in [-0.05, 0) is 30.8 Å². The predicted molar refractivity (Wildman–Crippen MR) is 85.6 cm³/mol. The Labute approximate surface area is 127 Å². The normalized spacial score (nSPS) is 10.0. The van der Waals surface area contributed by atoms with Gasteiger partial charge in [-0.2, -0.15) is 0 Å². The van der Waals surface area contributed by atoms with Crippen molar-refractivity contribution in [3.05, 3.63) is 24.5 Å². The average molecular weight is 288 g/mol. The number of aliphatic hydroxyl groups excluding tert-OH is 1. The Morgan fingerprint density at radius 2 is 1.48 bits per heavy atom. The molecule has 0 unspecified atom stereocenters. The molecule has 0 rings (SSSR count). The number of unbranched alkanes of at least 4 members (excludes halogenated alkanes) is 4. The third-order valence-electron chi connectivity index (χ3n) is 2.75. The highest BCUT2D eigenvalue weighted by atomic mass is 16.4. The maximum atomic E-state index is 10.3. The topological polar surface area (TPSA) is 57.5 Å². The number of rotatable bonds is 10. The van der Waals surface area contributed by atoms with Crippen molar-refractivity contribution in [2.75, 3.05) is 0 Å². The first-order chi connectivity index (χ1) is 10.2. The van der Waals surface area contributed by atoms with Gasteiger partial charge in [0.15, 0.2) is 0 Å². The highest BCUT2D eigenvalue weighted by Crippen LogP contribution is 2.10. The van der Waals surface area contributed by atoms with Crippen LogP contribution in [0.3, 0.4) is 0 Å². The lowest BCUT2D eigenvalue weighted by Gasteiger charge is -2.00. The molecule has 3 nitrogen and oxygen atoms in total. The second-order valence-corrected chi connectivity index (χ2v) is 4.66. The van der Waals surface area contributed by atoms with Gasteiger partial charge in [-0.1, -0.05) is 37.2 Å². The van der Waals surface area contributed by atoms with Gasteiger partial charge in [0.1, 0.15) is 0 Å². The van der Waals surface area contributed by atoms with Crippen molar-refractivity contribution < 1.29 is 15.0 Å². The Morgan fingerprint density at radius 1 is 0.905 bits per heavy atom. The molecule has 0 aromatic carbocycles. The molecule has 0 radical (unpaired) electrons. The van der Waals surface area contributed by atoms with E-state index in [1.807, 2.05) is 0 Å². The molecule has 0 spiro atoms. The first-order valence-electron chi connectivity index (χ1n) is 7.33. The molecule has 0 amide bonds. The lowest BCUT2D eigenvalue weighted by Crippen LogP contribution is -1.93. The summed E-state index contributed by atoms with van der Waals surface area (Å²) >= 11 is 0. The number of carbonyl (C=O) groups is 1. The summed E-state index contributed by atoms with van der Waals surface area (Å²) < 4.78 is 0. The van der Waals surface area contributed by atoms with Gasteiger partial charge in [0, 0.05) is 25.7 Å². The summed E-state index contributed by atoms with van der Waals surface area (Å²) in [5, 5.41) is 18.1. The predicted octanol–water partition coefficient (Wildman–Crippen LogP) is 4.22. The third kappa shape index (κ3) is 15.8. The molecule has 0 aromatic rings. The summed E-state index contributed by atoms with van der Waals surface area (Å²) in [6, 6.07) is 0. The number of hydrogen-bond acceptors (Lipinski definition) is 2. The molecule has 0 aliphatic carbocycles. The number of allylic oxidation sites excluding steroid dienone is 3. The lowest BCUT2D eigenvalue weighted by atomic mass is 10.1. The summed E-state index contributed by atoms with van der Waals surface area (Å²) in [5.74, 6) is 10.7. The molecule has 114 valence electrons. The van der Waals surface area contributed by atoms with Gasteiger partial charge in [-0.3, -0.25) is 4.79 Å². The highest BCUT2D eigenvalue weighted by molar-refractivity contribution is 5.66. The molecule has 2 N–H and O–H groups in total. The highest BCUT2D eigenvalue weighted by Gasteiger charge is 1.97. The van der Waals surface area contributed by atoms with Crippen LogP contribution >= 0.6 is 0 Å². The van der Waals surface area contributed by atoms with E-state index in [0.29, 0.717) is 25.0 Å². The summed E-state index contributed by atoms with van der Waals surface area (Å²) in [6.45, 7) is 3.56. The second kappa shape index (κ2) is 14.3. The zero-order valence-electron chi connectivity index (χ0n) is 12.5. The van der Waals surface area contributed by atoms with Crippen LogP contribution in [0.1, 0.15) is 57.8 Å². The Bertz CT molecular complexity index is 452. The standard InChI is InChI=1S/C18H24O3/c1-2-3-4-5-6-8-11-14-17(19)15-12-9-7-10-13-16-18(20)21/h2,14,19H,1,3,7,9-13,15-16H2,(H,20,21)/b17-14-. The largest absolute Gasteiger partial charge is 0.513 e. The molecule has 0 saturated carbocycles. The van der Waals surface area contributed by atoms with Crippen LogP contribution in [0.4, 0.5) is 0 Å². The molecule has 3 heteroatoms. The lowest BCUT2D eigenvalue weighted by molar-refractivity contribution is -0.137. The summed E-state index contributed by atoms with van der Waals surface area (Å²) in [6.07, 6.45) is 10.1. The smallest absolute Gasteiger partial charge is 0.303 e. The molecule has 0 atom stereocenters. The monoisotopic (exact) mass is 288 g/mol. The summed E-state index contributed by atoms with van der Waals surface area (Å²) in [4.78, 5) is 10.3. The van der Waals surface area contributed by atoms with Crippen LogP contribution in [0.25, 0.3) is 0 Å².